The third-order valence-electron chi connectivity index (χ3n) is 4.39. The third-order valence-corrected chi connectivity index (χ3v) is 5.30. The topological polar surface area (TPSA) is 144 Å². The molecule has 1 amide bonds. The van der Waals surface area contributed by atoms with Gasteiger partial charge in [-0.25, -0.2) is 13.6 Å². The van der Waals surface area contributed by atoms with E-state index in [2.05, 4.69) is 10.6 Å². The van der Waals surface area contributed by atoms with Gasteiger partial charge in [0, 0.05) is 19.0 Å². The molecule has 1 atom stereocenters. The molecular formula is C19H24N4O5S. The van der Waals surface area contributed by atoms with Crippen LogP contribution in [0, 0.1) is 17.0 Å². The van der Waals surface area contributed by atoms with Crippen molar-refractivity contribution in [2.45, 2.75) is 37.6 Å². The Morgan fingerprint density at radius 2 is 1.86 bits per heavy atom. The van der Waals surface area contributed by atoms with Crippen LogP contribution in [0.25, 0.3) is 0 Å². The van der Waals surface area contributed by atoms with E-state index >= 15 is 0 Å². The summed E-state index contributed by atoms with van der Waals surface area (Å²) in [7, 11) is -4.05. The maximum Gasteiger partial charge on any atom is 0.293 e. The monoisotopic (exact) mass is 420 g/mol. The number of amides is 1. The van der Waals surface area contributed by atoms with Crippen LogP contribution in [0.3, 0.4) is 0 Å². The number of nitrogens with two attached hydrogens (primary N) is 1. The van der Waals surface area contributed by atoms with Gasteiger partial charge in [0.2, 0.25) is 15.9 Å². The Morgan fingerprint density at radius 1 is 1.21 bits per heavy atom. The second kappa shape index (κ2) is 9.48. The van der Waals surface area contributed by atoms with Crippen LogP contribution in [0.1, 0.15) is 36.9 Å². The zero-order valence-electron chi connectivity index (χ0n) is 16.2. The standard InChI is InChI=1S/C19H24N4O5S/c1-3-16(14-6-4-13(2)5-7-14)22-19(24)10-11-21-17-9-8-15(29(20,27)28)12-18(17)23(25)26/h4-9,12,16,21H,3,10-11H2,1-2H3,(H,22,24)(H2,20,27,28)/t16-/m0/s1. The van der Waals surface area contributed by atoms with Gasteiger partial charge in [-0.3, -0.25) is 14.9 Å². The van der Waals surface area contributed by atoms with E-state index < -0.39 is 20.6 Å². The van der Waals surface area contributed by atoms with Gasteiger partial charge >= 0.3 is 0 Å². The lowest BCUT2D eigenvalue weighted by molar-refractivity contribution is -0.384. The van der Waals surface area contributed by atoms with Crippen LogP contribution < -0.4 is 15.8 Å². The van der Waals surface area contributed by atoms with Gasteiger partial charge in [-0.2, -0.15) is 0 Å². The molecular weight excluding hydrogens is 396 g/mol. The highest BCUT2D eigenvalue weighted by molar-refractivity contribution is 7.89. The number of sulfonamides is 1. The predicted octanol–water partition coefficient (Wildman–Crippen LogP) is 2.62. The van der Waals surface area contributed by atoms with Crippen LogP contribution >= 0.6 is 0 Å². The maximum atomic E-state index is 12.3. The van der Waals surface area contributed by atoms with E-state index in [1.165, 1.54) is 12.1 Å². The Balaban J connectivity index is 1.99. The minimum absolute atomic E-state index is 0.0937. The molecule has 29 heavy (non-hydrogen) atoms. The van der Waals surface area contributed by atoms with E-state index in [1.54, 1.807) is 0 Å². The number of benzene rings is 2. The SMILES string of the molecule is CC[C@H](NC(=O)CCNc1ccc(S(N)(=O)=O)cc1[N+](=O)[O-])c1ccc(C)cc1. The van der Waals surface area contributed by atoms with Crippen molar-refractivity contribution in [3.8, 4) is 0 Å². The number of hydrogen-bond donors (Lipinski definition) is 3. The Morgan fingerprint density at radius 3 is 2.41 bits per heavy atom. The molecule has 156 valence electrons. The van der Waals surface area contributed by atoms with Crippen molar-refractivity contribution in [3.05, 3.63) is 63.7 Å². The Labute approximate surface area is 169 Å². The van der Waals surface area contributed by atoms with Crippen molar-refractivity contribution in [1.29, 1.82) is 0 Å². The lowest BCUT2D eigenvalue weighted by Crippen LogP contribution is -2.29. The molecule has 0 heterocycles. The lowest BCUT2D eigenvalue weighted by Gasteiger charge is -2.18. The molecule has 0 unspecified atom stereocenters. The van der Waals surface area contributed by atoms with Gasteiger partial charge in [-0.05, 0) is 31.0 Å². The number of hydrogen-bond acceptors (Lipinski definition) is 6. The summed E-state index contributed by atoms with van der Waals surface area (Å²) >= 11 is 0. The van der Waals surface area contributed by atoms with Gasteiger partial charge in [0.15, 0.2) is 0 Å². The highest BCUT2D eigenvalue weighted by Gasteiger charge is 2.19. The van der Waals surface area contributed by atoms with E-state index in [-0.39, 0.29) is 35.5 Å². The molecule has 9 nitrogen and oxygen atoms in total. The average Bonchev–Trinajstić information content (AvgIpc) is 2.66. The van der Waals surface area contributed by atoms with Crippen molar-refractivity contribution in [2.24, 2.45) is 5.14 Å². The second-order valence-electron chi connectivity index (χ2n) is 6.60. The van der Waals surface area contributed by atoms with Crippen LogP contribution in [0.15, 0.2) is 47.4 Å². The van der Waals surface area contributed by atoms with E-state index in [4.69, 9.17) is 5.14 Å². The number of nitrogens with zero attached hydrogens (tertiary/aromatic N) is 1. The first kappa shape index (κ1) is 22.3. The molecule has 2 rings (SSSR count). The summed E-state index contributed by atoms with van der Waals surface area (Å²) in [6.45, 7) is 4.11. The minimum Gasteiger partial charge on any atom is -0.379 e. The molecule has 0 bridgehead atoms. The van der Waals surface area contributed by atoms with Crippen LogP contribution in [0.5, 0.6) is 0 Å². The van der Waals surface area contributed by atoms with Crippen molar-refractivity contribution in [1.82, 2.24) is 5.32 Å². The summed E-state index contributed by atoms with van der Waals surface area (Å²) in [6, 6.07) is 11.1. The van der Waals surface area contributed by atoms with Gasteiger partial charge in [0.25, 0.3) is 5.69 Å². The third kappa shape index (κ3) is 6.26. The van der Waals surface area contributed by atoms with Gasteiger partial charge in [0.05, 0.1) is 15.9 Å². The maximum absolute atomic E-state index is 12.3. The van der Waals surface area contributed by atoms with Gasteiger partial charge < -0.3 is 10.6 Å². The number of anilines is 1. The summed E-state index contributed by atoms with van der Waals surface area (Å²) in [5, 5.41) is 22.0. The van der Waals surface area contributed by atoms with Crippen LogP contribution in [0.2, 0.25) is 0 Å². The van der Waals surface area contributed by atoms with E-state index in [1.807, 2.05) is 38.1 Å². The molecule has 4 N–H and O–H groups in total. The molecule has 0 fully saturated rings. The molecule has 0 saturated carbocycles. The Hall–Kier alpha value is -2.98. The molecule has 0 aliphatic rings. The normalized spacial score (nSPS) is 12.2. The average molecular weight is 420 g/mol. The van der Waals surface area contributed by atoms with Crippen LogP contribution in [-0.4, -0.2) is 25.8 Å². The number of rotatable bonds is 9. The lowest BCUT2D eigenvalue weighted by atomic mass is 10.0. The fourth-order valence-corrected chi connectivity index (χ4v) is 3.32. The van der Waals surface area contributed by atoms with Gasteiger partial charge in [0.1, 0.15) is 5.69 Å². The molecule has 2 aromatic rings. The van der Waals surface area contributed by atoms with Crippen molar-refractivity contribution in [2.75, 3.05) is 11.9 Å². The zero-order chi connectivity index (χ0) is 21.6. The molecule has 0 spiro atoms. The molecule has 0 aromatic heterocycles. The number of primary sulfonamides is 1. The summed E-state index contributed by atoms with van der Waals surface area (Å²) in [5.41, 5.74) is 1.83. The van der Waals surface area contributed by atoms with Crippen molar-refractivity contribution in [3.63, 3.8) is 0 Å². The largest absolute Gasteiger partial charge is 0.379 e. The summed E-state index contributed by atoms with van der Waals surface area (Å²) in [5.74, 6) is -0.200. The highest BCUT2D eigenvalue weighted by Crippen LogP contribution is 2.27. The van der Waals surface area contributed by atoms with E-state index in [9.17, 15) is 23.3 Å². The summed E-state index contributed by atoms with van der Waals surface area (Å²) in [4.78, 5) is 22.4. The molecule has 0 radical (unpaired) electrons. The highest BCUT2D eigenvalue weighted by atomic mass is 32.2. The Bertz CT molecular complexity index is 990. The summed E-state index contributed by atoms with van der Waals surface area (Å²) < 4.78 is 22.7. The Kier molecular flexibility index (Phi) is 7.29. The quantitative estimate of drug-likeness (QED) is 0.420. The van der Waals surface area contributed by atoms with Crippen LogP contribution in [-0.2, 0) is 14.8 Å². The number of nitro groups is 1. The number of nitro benzene ring substituents is 1. The first-order valence-corrected chi connectivity index (χ1v) is 10.6. The fraction of sp³-hybridized carbons (Fsp3) is 0.316. The zero-order valence-corrected chi connectivity index (χ0v) is 17.0. The van der Waals surface area contributed by atoms with Gasteiger partial charge in [-0.15, -0.1) is 0 Å². The number of carbonyl (C=O) groups excluding carboxylic acids is 1. The first-order valence-electron chi connectivity index (χ1n) is 9.03. The predicted molar refractivity (Wildman–Crippen MR) is 110 cm³/mol. The number of aryl methyl sites for hydroxylation is 1. The van der Waals surface area contributed by atoms with E-state index in [0.29, 0.717) is 0 Å². The first-order chi connectivity index (χ1) is 13.6. The van der Waals surface area contributed by atoms with Crippen LogP contribution in [0.4, 0.5) is 11.4 Å². The second-order valence-corrected chi connectivity index (χ2v) is 8.16. The summed E-state index contributed by atoms with van der Waals surface area (Å²) in [6.07, 6.45) is 0.819. The molecule has 0 aliphatic heterocycles. The van der Waals surface area contributed by atoms with E-state index in [0.717, 1.165) is 23.6 Å². The van der Waals surface area contributed by atoms with Gasteiger partial charge in [-0.1, -0.05) is 36.8 Å². The molecule has 2 aromatic carbocycles. The van der Waals surface area contributed by atoms with Crippen molar-refractivity contribution < 1.29 is 18.1 Å². The molecule has 0 saturated heterocycles. The minimum atomic E-state index is -4.05. The fourth-order valence-electron chi connectivity index (χ4n) is 2.79. The smallest absolute Gasteiger partial charge is 0.293 e. The number of carbonyl (C=O) groups is 1. The number of nitrogens with one attached hydrogen (secondary N) is 2. The van der Waals surface area contributed by atoms with Crippen molar-refractivity contribution >= 4 is 27.3 Å². The molecule has 10 heteroatoms. The molecule has 0 aliphatic carbocycles.